The minimum Gasteiger partial charge on any atom is -0.497 e. The van der Waals surface area contributed by atoms with Gasteiger partial charge in [0.1, 0.15) is 12.1 Å². The van der Waals surface area contributed by atoms with Crippen LogP contribution in [0.3, 0.4) is 0 Å². The predicted molar refractivity (Wildman–Crippen MR) is 95.9 cm³/mol. The average Bonchev–Trinajstić information content (AvgIpc) is 3.22. The van der Waals surface area contributed by atoms with Gasteiger partial charge in [-0.2, -0.15) is 5.10 Å². The van der Waals surface area contributed by atoms with Crippen LogP contribution in [0.5, 0.6) is 5.75 Å². The van der Waals surface area contributed by atoms with Crippen LogP contribution >= 0.6 is 11.3 Å². The number of nitrogens with zero attached hydrogens (tertiary/aromatic N) is 4. The number of ether oxygens (including phenoxy) is 1. The monoisotopic (exact) mass is 337 g/mol. The molecule has 1 aromatic carbocycles. The van der Waals surface area contributed by atoms with E-state index in [0.717, 1.165) is 38.0 Å². The molecular weight excluding hydrogens is 322 g/mol. The molecule has 0 radical (unpaired) electrons. The lowest BCUT2D eigenvalue weighted by molar-refractivity contribution is 0.415. The minimum atomic E-state index is 0.761. The van der Waals surface area contributed by atoms with Crippen molar-refractivity contribution in [3.8, 4) is 16.2 Å². The van der Waals surface area contributed by atoms with Crippen LogP contribution < -0.4 is 10.1 Å². The Balaban J connectivity index is 1.73. The lowest BCUT2D eigenvalue weighted by Crippen LogP contribution is -1.96. The second-order valence-electron chi connectivity index (χ2n) is 5.28. The molecule has 24 heavy (non-hydrogen) atoms. The largest absolute Gasteiger partial charge is 0.497 e. The molecule has 0 aliphatic rings. The van der Waals surface area contributed by atoms with Gasteiger partial charge in [-0.1, -0.05) is 0 Å². The van der Waals surface area contributed by atoms with Crippen LogP contribution in [0.4, 0.5) is 11.6 Å². The van der Waals surface area contributed by atoms with Crippen molar-refractivity contribution in [1.29, 1.82) is 0 Å². The summed E-state index contributed by atoms with van der Waals surface area (Å²) >= 11 is 1.65. The number of aryl methyl sites for hydroxylation is 1. The fourth-order valence-electron chi connectivity index (χ4n) is 2.44. The van der Waals surface area contributed by atoms with Crippen molar-refractivity contribution in [2.75, 3.05) is 12.4 Å². The van der Waals surface area contributed by atoms with Crippen LogP contribution in [-0.2, 0) is 7.05 Å². The van der Waals surface area contributed by atoms with Crippen LogP contribution in [0.2, 0.25) is 0 Å². The van der Waals surface area contributed by atoms with Gasteiger partial charge >= 0.3 is 0 Å². The Morgan fingerprint density at radius 1 is 1.12 bits per heavy atom. The molecule has 0 fully saturated rings. The maximum Gasteiger partial charge on any atom is 0.153 e. The molecule has 0 saturated heterocycles. The first kappa shape index (κ1) is 14.6. The molecule has 7 heteroatoms. The number of aromatic nitrogens is 4. The maximum absolute atomic E-state index is 5.21. The predicted octanol–water partition coefficient (Wildman–Crippen LogP) is 3.84. The number of hydrogen-bond donors (Lipinski definition) is 1. The van der Waals surface area contributed by atoms with Gasteiger partial charge in [-0.25, -0.2) is 9.97 Å². The van der Waals surface area contributed by atoms with Crippen LogP contribution in [-0.4, -0.2) is 26.9 Å². The van der Waals surface area contributed by atoms with Crippen LogP contribution in [0.25, 0.3) is 20.7 Å². The molecule has 1 N–H and O–H groups in total. The summed E-state index contributed by atoms with van der Waals surface area (Å²) in [5.41, 5.74) is 2.04. The summed E-state index contributed by atoms with van der Waals surface area (Å²) < 4.78 is 7.97. The van der Waals surface area contributed by atoms with Crippen molar-refractivity contribution >= 4 is 33.2 Å². The minimum absolute atomic E-state index is 0.761. The Morgan fingerprint density at radius 2 is 1.96 bits per heavy atom. The molecule has 0 bridgehead atoms. The molecule has 4 aromatic rings. The van der Waals surface area contributed by atoms with Crippen molar-refractivity contribution < 1.29 is 4.74 Å². The van der Waals surface area contributed by atoms with Crippen LogP contribution in [0.15, 0.2) is 48.9 Å². The first-order valence-corrected chi connectivity index (χ1v) is 8.20. The highest BCUT2D eigenvalue weighted by Crippen LogP contribution is 2.36. The molecule has 6 nitrogen and oxygen atoms in total. The van der Waals surface area contributed by atoms with Crippen LogP contribution in [0.1, 0.15) is 0 Å². The van der Waals surface area contributed by atoms with E-state index in [4.69, 9.17) is 4.74 Å². The van der Waals surface area contributed by atoms with Gasteiger partial charge in [-0.3, -0.25) is 4.68 Å². The molecule has 0 atom stereocenters. The fraction of sp³-hybridized carbons (Fsp3) is 0.118. The van der Waals surface area contributed by atoms with E-state index in [1.54, 1.807) is 29.5 Å². The zero-order valence-electron chi connectivity index (χ0n) is 13.2. The summed E-state index contributed by atoms with van der Waals surface area (Å²) in [5.74, 6) is 2.37. The number of nitrogens with one attached hydrogen (secondary N) is 1. The van der Waals surface area contributed by atoms with Gasteiger partial charge in [0.05, 0.1) is 17.3 Å². The van der Waals surface area contributed by atoms with Gasteiger partial charge in [0.25, 0.3) is 0 Å². The van der Waals surface area contributed by atoms with Crippen molar-refractivity contribution in [2.24, 2.45) is 7.05 Å². The third-order valence-electron chi connectivity index (χ3n) is 3.65. The van der Waals surface area contributed by atoms with Gasteiger partial charge in [0, 0.05) is 24.2 Å². The molecule has 3 aromatic heterocycles. The van der Waals surface area contributed by atoms with Gasteiger partial charge in [-0.05, 0) is 35.9 Å². The van der Waals surface area contributed by atoms with Crippen molar-refractivity contribution in [1.82, 2.24) is 19.7 Å². The number of methoxy groups -OCH3 is 1. The molecule has 0 aliphatic carbocycles. The van der Waals surface area contributed by atoms with E-state index >= 15 is 0 Å². The van der Waals surface area contributed by atoms with Gasteiger partial charge in [0.15, 0.2) is 11.6 Å². The zero-order chi connectivity index (χ0) is 16.5. The first-order chi connectivity index (χ1) is 11.7. The number of benzene rings is 1. The van der Waals surface area contributed by atoms with E-state index < -0.39 is 0 Å². The quantitative estimate of drug-likeness (QED) is 0.613. The van der Waals surface area contributed by atoms with E-state index in [0.29, 0.717) is 0 Å². The Bertz CT molecular complexity index is 990. The standard InChI is InChI=1S/C17H15N5OS/c1-22-8-7-15(21-22)20-17-16-13(18-10-19-17)9-14(24-16)11-3-5-12(23-2)6-4-11/h3-10H,1-2H3,(H,18,19,20,21). The number of thiophene rings is 1. The Kier molecular flexibility index (Phi) is 3.62. The molecule has 0 spiro atoms. The highest BCUT2D eigenvalue weighted by atomic mass is 32.1. The number of hydrogen-bond acceptors (Lipinski definition) is 6. The van der Waals surface area contributed by atoms with Gasteiger partial charge in [0.2, 0.25) is 0 Å². The van der Waals surface area contributed by atoms with Gasteiger partial charge in [-0.15, -0.1) is 11.3 Å². The van der Waals surface area contributed by atoms with E-state index in [2.05, 4.69) is 26.4 Å². The molecule has 3 heterocycles. The molecule has 120 valence electrons. The maximum atomic E-state index is 5.21. The van der Waals surface area contributed by atoms with E-state index in [-0.39, 0.29) is 0 Å². The van der Waals surface area contributed by atoms with E-state index in [9.17, 15) is 0 Å². The highest BCUT2D eigenvalue weighted by molar-refractivity contribution is 7.22. The van der Waals surface area contributed by atoms with Gasteiger partial charge < -0.3 is 10.1 Å². The summed E-state index contributed by atoms with van der Waals surface area (Å²) in [7, 11) is 3.55. The van der Waals surface area contributed by atoms with Crippen LogP contribution in [0, 0.1) is 0 Å². The van der Waals surface area contributed by atoms with Crippen molar-refractivity contribution in [2.45, 2.75) is 0 Å². The van der Waals surface area contributed by atoms with E-state index in [1.165, 1.54) is 0 Å². The molecule has 4 rings (SSSR count). The topological polar surface area (TPSA) is 64.9 Å². The smallest absolute Gasteiger partial charge is 0.153 e. The normalized spacial score (nSPS) is 10.9. The second-order valence-corrected chi connectivity index (χ2v) is 6.33. The molecule has 0 aliphatic heterocycles. The Labute approximate surface area is 142 Å². The first-order valence-electron chi connectivity index (χ1n) is 7.38. The summed E-state index contributed by atoms with van der Waals surface area (Å²) in [6, 6.07) is 12.0. The number of anilines is 2. The third kappa shape index (κ3) is 2.69. The number of rotatable bonds is 4. The summed E-state index contributed by atoms with van der Waals surface area (Å²) in [6.45, 7) is 0. The summed E-state index contributed by atoms with van der Waals surface area (Å²) in [6.07, 6.45) is 3.45. The fourth-order valence-corrected chi connectivity index (χ4v) is 3.51. The molecule has 0 saturated carbocycles. The Hall–Kier alpha value is -2.93. The molecule has 0 unspecified atom stereocenters. The second kappa shape index (κ2) is 5.93. The molecular formula is C17H15N5OS. The Morgan fingerprint density at radius 3 is 2.67 bits per heavy atom. The lowest BCUT2D eigenvalue weighted by atomic mass is 10.2. The third-order valence-corrected chi connectivity index (χ3v) is 4.83. The lowest BCUT2D eigenvalue weighted by Gasteiger charge is -2.02. The molecule has 0 amide bonds. The summed E-state index contributed by atoms with van der Waals surface area (Å²) in [5, 5.41) is 7.59. The highest BCUT2D eigenvalue weighted by Gasteiger charge is 2.11. The SMILES string of the molecule is COc1ccc(-c2cc3ncnc(Nc4ccn(C)n4)c3s2)cc1. The average molecular weight is 337 g/mol. The van der Waals surface area contributed by atoms with Crippen molar-refractivity contribution in [3.63, 3.8) is 0 Å². The van der Waals surface area contributed by atoms with E-state index in [1.807, 2.05) is 43.6 Å². The summed E-state index contributed by atoms with van der Waals surface area (Å²) in [4.78, 5) is 9.88. The van der Waals surface area contributed by atoms with Crippen molar-refractivity contribution in [3.05, 3.63) is 48.9 Å². The zero-order valence-corrected chi connectivity index (χ0v) is 14.0. The number of fused-ring (bicyclic) bond motifs is 1.